The Morgan fingerprint density at radius 2 is 1.65 bits per heavy atom. The molecular formula is C30H25ClN2O3S. The molecule has 0 saturated heterocycles. The zero-order valence-corrected chi connectivity index (χ0v) is 22.0. The molecule has 37 heavy (non-hydrogen) atoms. The Hall–Kier alpha value is -3.74. The summed E-state index contributed by atoms with van der Waals surface area (Å²) in [7, 11) is -1.59. The van der Waals surface area contributed by atoms with Gasteiger partial charge in [-0.05, 0) is 66.9 Å². The number of benzene rings is 4. The number of rotatable bonds is 5. The first kappa shape index (κ1) is 24.9. The second-order valence-corrected chi connectivity index (χ2v) is 10.9. The zero-order chi connectivity index (χ0) is 26.1. The van der Waals surface area contributed by atoms with Crippen LogP contribution in [-0.4, -0.2) is 16.0 Å². The molecule has 0 aliphatic carbocycles. The third kappa shape index (κ3) is 4.95. The maximum absolute atomic E-state index is 13.9. The number of hydrogen-bond acceptors (Lipinski definition) is 3. The first-order valence-corrected chi connectivity index (χ1v) is 13.4. The van der Waals surface area contributed by atoms with E-state index >= 15 is 0 Å². The molecule has 7 heteroatoms. The van der Waals surface area contributed by atoms with Gasteiger partial charge in [0.15, 0.2) is 0 Å². The van der Waals surface area contributed by atoms with Crippen LogP contribution < -0.4 is 10.2 Å². The van der Waals surface area contributed by atoms with Gasteiger partial charge in [-0.3, -0.25) is 9.59 Å². The number of nitrogens with one attached hydrogen (secondary N) is 1. The monoisotopic (exact) mass is 528 g/mol. The number of carbonyl (C=O) groups excluding carboxylic acids is 2. The second-order valence-electron chi connectivity index (χ2n) is 9.04. The fourth-order valence-electron chi connectivity index (χ4n) is 4.42. The van der Waals surface area contributed by atoms with Crippen molar-refractivity contribution in [3.05, 3.63) is 123 Å². The van der Waals surface area contributed by atoms with Crippen LogP contribution in [0.25, 0.3) is 0 Å². The minimum absolute atomic E-state index is 0.253. The van der Waals surface area contributed by atoms with Crippen LogP contribution in [-0.2, 0) is 23.9 Å². The van der Waals surface area contributed by atoms with Crippen LogP contribution in [0.1, 0.15) is 43.0 Å². The smallest absolute Gasteiger partial charge is 0.259 e. The topological polar surface area (TPSA) is 66.5 Å². The van der Waals surface area contributed by atoms with Crippen LogP contribution in [0.3, 0.4) is 0 Å². The molecular weight excluding hydrogens is 504 g/mol. The molecule has 0 fully saturated rings. The Kier molecular flexibility index (Phi) is 6.96. The van der Waals surface area contributed by atoms with Gasteiger partial charge in [-0.2, -0.15) is 0 Å². The molecule has 1 aliphatic rings. The summed E-state index contributed by atoms with van der Waals surface area (Å²) in [5.74, 6) is -0.563. The van der Waals surface area contributed by atoms with Crippen LogP contribution in [0, 0.1) is 13.8 Å². The summed E-state index contributed by atoms with van der Waals surface area (Å²) >= 11 is 6.23. The molecule has 0 aromatic heterocycles. The summed E-state index contributed by atoms with van der Waals surface area (Å²) < 4.78 is 13.6. The summed E-state index contributed by atoms with van der Waals surface area (Å²) in [4.78, 5) is 29.6. The van der Waals surface area contributed by atoms with Crippen molar-refractivity contribution < 1.29 is 13.8 Å². The Bertz CT molecular complexity index is 1570. The number of nitrogens with zero attached hydrogens (tertiary/aromatic N) is 1. The summed E-state index contributed by atoms with van der Waals surface area (Å²) in [5, 5.41) is 3.47. The lowest BCUT2D eigenvalue weighted by Gasteiger charge is -2.24. The van der Waals surface area contributed by atoms with Gasteiger partial charge in [0.2, 0.25) is 0 Å². The predicted molar refractivity (Wildman–Crippen MR) is 147 cm³/mol. The lowest BCUT2D eigenvalue weighted by Crippen LogP contribution is -2.31. The molecule has 0 bridgehead atoms. The van der Waals surface area contributed by atoms with Gasteiger partial charge < -0.3 is 10.2 Å². The van der Waals surface area contributed by atoms with Gasteiger partial charge in [0.25, 0.3) is 11.8 Å². The van der Waals surface area contributed by atoms with Crippen LogP contribution in [0.2, 0.25) is 5.02 Å². The lowest BCUT2D eigenvalue weighted by molar-refractivity contribution is 0.0947. The zero-order valence-electron chi connectivity index (χ0n) is 20.5. The normalized spacial score (nSPS) is 14.5. The van der Waals surface area contributed by atoms with Gasteiger partial charge in [0, 0.05) is 17.1 Å². The number of hydrogen-bond donors (Lipinski definition) is 1. The molecule has 186 valence electrons. The van der Waals surface area contributed by atoms with E-state index in [1.54, 1.807) is 53.4 Å². The van der Waals surface area contributed by atoms with Crippen molar-refractivity contribution >= 4 is 39.9 Å². The largest absolute Gasteiger partial charge is 0.348 e. The van der Waals surface area contributed by atoms with E-state index in [4.69, 9.17) is 11.6 Å². The van der Waals surface area contributed by atoms with E-state index in [0.29, 0.717) is 31.6 Å². The number of aryl methyl sites for hydroxylation is 2. The van der Waals surface area contributed by atoms with Crippen molar-refractivity contribution in [3.63, 3.8) is 0 Å². The first-order valence-electron chi connectivity index (χ1n) is 11.9. The molecule has 1 atom stereocenters. The van der Waals surface area contributed by atoms with E-state index in [9.17, 15) is 13.8 Å². The van der Waals surface area contributed by atoms with Crippen molar-refractivity contribution in [1.29, 1.82) is 0 Å². The van der Waals surface area contributed by atoms with Crippen molar-refractivity contribution in [2.45, 2.75) is 36.7 Å². The minimum atomic E-state index is -1.59. The SMILES string of the molecule is Cc1ccc(C)c(CN2C(=O)c3ccccc3[S@@](=O)c3ccc(C(=O)NCc4ccccc4Cl)cc32)c1. The fourth-order valence-corrected chi connectivity index (χ4v) is 5.97. The Labute approximate surface area is 223 Å². The molecule has 5 nitrogen and oxygen atoms in total. The van der Waals surface area contributed by atoms with E-state index < -0.39 is 10.8 Å². The van der Waals surface area contributed by atoms with Crippen molar-refractivity contribution in [2.24, 2.45) is 0 Å². The molecule has 4 aromatic rings. The van der Waals surface area contributed by atoms with E-state index in [1.165, 1.54) is 0 Å². The van der Waals surface area contributed by atoms with E-state index in [1.807, 2.05) is 44.2 Å². The van der Waals surface area contributed by atoms with Crippen LogP contribution in [0.15, 0.2) is 94.7 Å². The molecule has 1 aliphatic heterocycles. The quantitative estimate of drug-likeness (QED) is 0.334. The molecule has 0 radical (unpaired) electrons. The van der Waals surface area contributed by atoms with E-state index in [2.05, 4.69) is 11.4 Å². The van der Waals surface area contributed by atoms with Gasteiger partial charge >= 0.3 is 0 Å². The summed E-state index contributed by atoms with van der Waals surface area (Å²) in [6.07, 6.45) is 0. The molecule has 0 unspecified atom stereocenters. The number of fused-ring (bicyclic) bond motifs is 2. The van der Waals surface area contributed by atoms with Gasteiger partial charge in [-0.25, -0.2) is 4.21 Å². The van der Waals surface area contributed by atoms with Gasteiger partial charge in [-0.15, -0.1) is 0 Å². The van der Waals surface area contributed by atoms with Crippen molar-refractivity contribution in [1.82, 2.24) is 5.32 Å². The predicted octanol–water partition coefficient (Wildman–Crippen LogP) is 6.21. The highest BCUT2D eigenvalue weighted by atomic mass is 35.5. The summed E-state index contributed by atoms with van der Waals surface area (Å²) in [5.41, 5.74) is 5.14. The lowest BCUT2D eigenvalue weighted by atomic mass is 10.0. The van der Waals surface area contributed by atoms with Crippen molar-refractivity contribution in [3.8, 4) is 0 Å². The average Bonchev–Trinajstić information content (AvgIpc) is 2.99. The Morgan fingerprint density at radius 1 is 0.892 bits per heavy atom. The van der Waals surface area contributed by atoms with Gasteiger partial charge in [0.05, 0.1) is 38.4 Å². The number of anilines is 1. The molecule has 2 amide bonds. The molecule has 4 aromatic carbocycles. The maximum Gasteiger partial charge on any atom is 0.259 e. The number of amides is 2. The third-order valence-electron chi connectivity index (χ3n) is 6.50. The highest BCUT2D eigenvalue weighted by Crippen LogP contribution is 2.36. The summed E-state index contributed by atoms with van der Waals surface area (Å²) in [6.45, 7) is 4.56. The fraction of sp³-hybridized carbons (Fsp3) is 0.133. The van der Waals surface area contributed by atoms with E-state index in [-0.39, 0.29) is 24.9 Å². The standard InChI is InChI=1S/C30H25ClN2O3S/c1-19-11-12-20(2)23(15-19)18-33-26-16-21(29(34)32-17-22-7-3-5-9-25(22)31)13-14-28(26)37(36)27-10-6-4-8-24(27)30(33)35/h3-16H,17-18H2,1-2H3,(H,32,34)/t37-/m1/s1. The van der Waals surface area contributed by atoms with Crippen LogP contribution >= 0.6 is 11.6 Å². The molecule has 5 rings (SSSR count). The molecule has 1 N–H and O–H groups in total. The molecule has 0 spiro atoms. The number of carbonyl (C=O) groups is 2. The third-order valence-corrected chi connectivity index (χ3v) is 8.37. The van der Waals surface area contributed by atoms with Crippen LogP contribution in [0.5, 0.6) is 0 Å². The number of halogens is 1. The van der Waals surface area contributed by atoms with E-state index in [0.717, 1.165) is 22.3 Å². The first-order chi connectivity index (χ1) is 17.8. The van der Waals surface area contributed by atoms with Gasteiger partial charge in [-0.1, -0.05) is 65.7 Å². The average molecular weight is 529 g/mol. The Balaban J connectivity index is 1.56. The molecule has 1 heterocycles. The second kappa shape index (κ2) is 10.3. The van der Waals surface area contributed by atoms with Crippen LogP contribution in [0.4, 0.5) is 5.69 Å². The highest BCUT2D eigenvalue weighted by molar-refractivity contribution is 7.85. The highest BCUT2D eigenvalue weighted by Gasteiger charge is 2.31. The van der Waals surface area contributed by atoms with Gasteiger partial charge in [0.1, 0.15) is 0 Å². The van der Waals surface area contributed by atoms with Crippen molar-refractivity contribution in [2.75, 3.05) is 4.90 Å². The molecule has 0 saturated carbocycles. The minimum Gasteiger partial charge on any atom is -0.348 e. The maximum atomic E-state index is 13.9. The summed E-state index contributed by atoms with van der Waals surface area (Å²) in [6, 6.07) is 25.4. The Morgan fingerprint density at radius 3 is 2.46 bits per heavy atom.